The molecule has 1 aromatic carbocycles. The van der Waals surface area contributed by atoms with Gasteiger partial charge in [0.25, 0.3) is 0 Å². The fourth-order valence-corrected chi connectivity index (χ4v) is 2.03. The van der Waals surface area contributed by atoms with Crippen molar-refractivity contribution in [1.82, 2.24) is 0 Å². The molecule has 0 radical (unpaired) electrons. The average Bonchev–Trinajstić information content (AvgIpc) is 2.21. The van der Waals surface area contributed by atoms with E-state index in [1.807, 2.05) is 13.8 Å². The van der Waals surface area contributed by atoms with Crippen molar-refractivity contribution in [3.63, 3.8) is 0 Å². The van der Waals surface area contributed by atoms with Gasteiger partial charge in [-0.3, -0.25) is 0 Å². The molecule has 1 aromatic rings. The molecule has 0 aliphatic rings. The second-order valence-corrected chi connectivity index (χ2v) is 5.90. The Bertz CT molecular complexity index is 432. The van der Waals surface area contributed by atoms with Crippen LogP contribution in [0.25, 0.3) is 0 Å². The average molecular weight is 250 g/mol. The first-order valence-corrected chi connectivity index (χ1v) is 6.14. The highest BCUT2D eigenvalue weighted by molar-refractivity contribution is 5.72. The maximum absolute atomic E-state index is 10.7. The standard InChI is InChI=1S/C15H22O3/c1-9-6-11(15(3,4)5)7-10(2)12(9)8-13(16)14(17)18/h6-7,13,16H,8H2,1-5H3,(H,17,18). The Morgan fingerprint density at radius 3 is 2.00 bits per heavy atom. The van der Waals surface area contributed by atoms with Crippen molar-refractivity contribution >= 4 is 5.97 Å². The van der Waals surface area contributed by atoms with Crippen molar-refractivity contribution < 1.29 is 15.0 Å². The lowest BCUT2D eigenvalue weighted by Crippen LogP contribution is -2.23. The zero-order chi connectivity index (χ0) is 14.1. The van der Waals surface area contributed by atoms with Crippen LogP contribution in [0.15, 0.2) is 12.1 Å². The molecule has 0 amide bonds. The van der Waals surface area contributed by atoms with E-state index in [4.69, 9.17) is 5.11 Å². The van der Waals surface area contributed by atoms with Crippen LogP contribution >= 0.6 is 0 Å². The lowest BCUT2D eigenvalue weighted by molar-refractivity contribution is -0.146. The van der Waals surface area contributed by atoms with Crippen LogP contribution in [0.3, 0.4) is 0 Å². The molecule has 1 unspecified atom stereocenters. The van der Waals surface area contributed by atoms with Crippen molar-refractivity contribution in [2.45, 2.75) is 52.6 Å². The number of carbonyl (C=O) groups is 1. The highest BCUT2D eigenvalue weighted by Gasteiger charge is 2.19. The second kappa shape index (κ2) is 5.11. The van der Waals surface area contributed by atoms with Gasteiger partial charge in [0.2, 0.25) is 0 Å². The van der Waals surface area contributed by atoms with E-state index < -0.39 is 12.1 Å². The van der Waals surface area contributed by atoms with Gasteiger partial charge >= 0.3 is 5.97 Å². The molecule has 0 aromatic heterocycles. The molecule has 0 saturated heterocycles. The number of carboxylic acid groups (broad SMARTS) is 1. The Morgan fingerprint density at radius 2 is 1.67 bits per heavy atom. The van der Waals surface area contributed by atoms with E-state index in [2.05, 4.69) is 32.9 Å². The van der Waals surface area contributed by atoms with Gasteiger partial charge in [0.05, 0.1) is 0 Å². The van der Waals surface area contributed by atoms with Crippen molar-refractivity contribution in [2.24, 2.45) is 0 Å². The zero-order valence-electron chi connectivity index (χ0n) is 11.7. The normalized spacial score (nSPS) is 13.4. The number of carboxylic acids is 1. The SMILES string of the molecule is Cc1cc(C(C)(C)C)cc(C)c1CC(O)C(=O)O. The number of aliphatic hydroxyl groups is 1. The first kappa shape index (κ1) is 14.7. The summed E-state index contributed by atoms with van der Waals surface area (Å²) in [6.45, 7) is 10.4. The van der Waals surface area contributed by atoms with Gasteiger partial charge in [-0.25, -0.2) is 4.79 Å². The smallest absolute Gasteiger partial charge is 0.332 e. The van der Waals surface area contributed by atoms with Crippen molar-refractivity contribution in [3.05, 3.63) is 34.4 Å². The molecule has 2 N–H and O–H groups in total. The summed E-state index contributed by atoms with van der Waals surface area (Å²) in [4.78, 5) is 10.7. The van der Waals surface area contributed by atoms with E-state index in [1.165, 1.54) is 5.56 Å². The molecule has 0 fully saturated rings. The van der Waals surface area contributed by atoms with Gasteiger partial charge in [-0.15, -0.1) is 0 Å². The zero-order valence-corrected chi connectivity index (χ0v) is 11.7. The molecule has 0 bridgehead atoms. The fourth-order valence-electron chi connectivity index (χ4n) is 2.03. The Balaban J connectivity index is 3.13. The quantitative estimate of drug-likeness (QED) is 0.867. The van der Waals surface area contributed by atoms with Gasteiger partial charge in [0, 0.05) is 6.42 Å². The van der Waals surface area contributed by atoms with Crippen molar-refractivity contribution in [1.29, 1.82) is 0 Å². The van der Waals surface area contributed by atoms with Gasteiger partial charge in [0.15, 0.2) is 6.10 Å². The molecule has 1 rings (SSSR count). The molecule has 3 heteroatoms. The minimum atomic E-state index is -1.33. The molecule has 1 atom stereocenters. The van der Waals surface area contributed by atoms with Crippen LogP contribution < -0.4 is 0 Å². The first-order chi connectivity index (χ1) is 8.12. The Hall–Kier alpha value is -1.35. The number of hydrogen-bond acceptors (Lipinski definition) is 2. The Morgan fingerprint density at radius 1 is 1.22 bits per heavy atom. The van der Waals surface area contributed by atoms with Crippen LogP contribution in [-0.2, 0) is 16.6 Å². The molecule has 0 saturated carbocycles. The summed E-state index contributed by atoms with van der Waals surface area (Å²) in [6, 6.07) is 4.16. The summed E-state index contributed by atoms with van der Waals surface area (Å²) in [7, 11) is 0. The summed E-state index contributed by atoms with van der Waals surface area (Å²) in [5.41, 5.74) is 4.31. The largest absolute Gasteiger partial charge is 0.479 e. The van der Waals surface area contributed by atoms with E-state index in [0.717, 1.165) is 16.7 Å². The van der Waals surface area contributed by atoms with Gasteiger partial charge in [-0.1, -0.05) is 32.9 Å². The van der Waals surface area contributed by atoms with Crippen LogP contribution in [0.1, 0.15) is 43.0 Å². The molecule has 0 aliphatic carbocycles. The second-order valence-electron chi connectivity index (χ2n) is 5.90. The number of aliphatic carboxylic acids is 1. The van der Waals surface area contributed by atoms with Gasteiger partial charge < -0.3 is 10.2 Å². The summed E-state index contributed by atoms with van der Waals surface area (Å²) < 4.78 is 0. The first-order valence-electron chi connectivity index (χ1n) is 6.14. The minimum absolute atomic E-state index is 0.0689. The summed E-state index contributed by atoms with van der Waals surface area (Å²) >= 11 is 0. The van der Waals surface area contributed by atoms with E-state index in [-0.39, 0.29) is 11.8 Å². The van der Waals surface area contributed by atoms with Crippen LogP contribution in [-0.4, -0.2) is 22.3 Å². The van der Waals surface area contributed by atoms with Crippen molar-refractivity contribution in [2.75, 3.05) is 0 Å². The molecule has 100 valence electrons. The van der Waals surface area contributed by atoms with E-state index in [1.54, 1.807) is 0 Å². The van der Waals surface area contributed by atoms with Crippen LogP contribution in [0.2, 0.25) is 0 Å². The molecular weight excluding hydrogens is 228 g/mol. The maximum Gasteiger partial charge on any atom is 0.332 e. The molecule has 0 heterocycles. The molecule has 3 nitrogen and oxygen atoms in total. The predicted octanol–water partition coefficient (Wildman–Crippen LogP) is 2.59. The molecule has 0 aliphatic heterocycles. The van der Waals surface area contributed by atoms with E-state index in [9.17, 15) is 9.90 Å². The van der Waals surface area contributed by atoms with Crippen LogP contribution in [0.5, 0.6) is 0 Å². The lowest BCUT2D eigenvalue weighted by atomic mass is 9.83. The summed E-state index contributed by atoms with van der Waals surface area (Å²) in [5.74, 6) is -1.17. The number of hydrogen-bond donors (Lipinski definition) is 2. The highest BCUT2D eigenvalue weighted by atomic mass is 16.4. The van der Waals surface area contributed by atoms with E-state index in [0.29, 0.717) is 0 Å². The maximum atomic E-state index is 10.7. The van der Waals surface area contributed by atoms with Gasteiger partial charge in [0.1, 0.15) is 0 Å². The Labute approximate surface area is 108 Å². The summed E-state index contributed by atoms with van der Waals surface area (Å²) in [6.07, 6.45) is -1.17. The number of rotatable bonds is 3. The molecule has 18 heavy (non-hydrogen) atoms. The number of benzene rings is 1. The van der Waals surface area contributed by atoms with Gasteiger partial charge in [-0.2, -0.15) is 0 Å². The van der Waals surface area contributed by atoms with Crippen LogP contribution in [0, 0.1) is 13.8 Å². The minimum Gasteiger partial charge on any atom is -0.479 e. The predicted molar refractivity (Wildman–Crippen MR) is 72.0 cm³/mol. The molecular formula is C15H22O3. The third-order valence-electron chi connectivity index (χ3n) is 3.24. The van der Waals surface area contributed by atoms with Crippen LogP contribution in [0.4, 0.5) is 0 Å². The summed E-state index contributed by atoms with van der Waals surface area (Å²) in [5, 5.41) is 18.2. The Kier molecular flexibility index (Phi) is 4.17. The third kappa shape index (κ3) is 3.33. The monoisotopic (exact) mass is 250 g/mol. The molecule has 0 spiro atoms. The number of aryl methyl sites for hydroxylation is 2. The lowest BCUT2D eigenvalue weighted by Gasteiger charge is -2.22. The topological polar surface area (TPSA) is 57.5 Å². The number of aliphatic hydroxyl groups excluding tert-OH is 1. The van der Waals surface area contributed by atoms with E-state index >= 15 is 0 Å². The van der Waals surface area contributed by atoms with Crippen molar-refractivity contribution in [3.8, 4) is 0 Å². The third-order valence-corrected chi connectivity index (χ3v) is 3.24. The fraction of sp³-hybridized carbons (Fsp3) is 0.533. The highest BCUT2D eigenvalue weighted by Crippen LogP contribution is 2.27. The van der Waals surface area contributed by atoms with Gasteiger partial charge in [-0.05, 0) is 41.5 Å².